The van der Waals surface area contributed by atoms with Crippen LogP contribution in [-0.4, -0.2) is 11.1 Å². The predicted molar refractivity (Wildman–Crippen MR) is 75.6 cm³/mol. The number of rotatable bonds is 3. The summed E-state index contributed by atoms with van der Waals surface area (Å²) in [5.41, 5.74) is 2.78. The molecule has 0 radical (unpaired) electrons. The van der Waals surface area contributed by atoms with E-state index in [1.165, 1.54) is 0 Å². The van der Waals surface area contributed by atoms with Crippen molar-refractivity contribution in [2.75, 3.05) is 5.32 Å². The normalized spacial score (nSPS) is 10.1. The van der Waals surface area contributed by atoms with Crippen LogP contribution in [0.5, 0.6) is 0 Å². The summed E-state index contributed by atoms with van der Waals surface area (Å²) in [5.74, 6) is -0.939. The molecule has 2 aromatic carbocycles. The van der Waals surface area contributed by atoms with Crippen LogP contribution in [0.2, 0.25) is 0 Å². The summed E-state index contributed by atoms with van der Waals surface area (Å²) in [4.78, 5) is 11.1. The lowest BCUT2D eigenvalue weighted by molar-refractivity contribution is 0.0698. The fourth-order valence-corrected chi connectivity index (χ4v) is 2.03. The summed E-state index contributed by atoms with van der Waals surface area (Å²) in [6, 6.07) is 12.6. The molecule has 0 atom stereocenters. The maximum atomic E-state index is 11.1. The Hall–Kier alpha value is -1.81. The van der Waals surface area contributed by atoms with Crippen molar-refractivity contribution in [1.82, 2.24) is 0 Å². The predicted octanol–water partition coefficient (Wildman–Crippen LogP) is 4.20. The van der Waals surface area contributed by atoms with Gasteiger partial charge in [0, 0.05) is 10.2 Å². The van der Waals surface area contributed by atoms with Crippen molar-refractivity contribution in [3.05, 3.63) is 58.1 Å². The van der Waals surface area contributed by atoms with Crippen molar-refractivity contribution >= 4 is 33.3 Å². The first kappa shape index (κ1) is 12.6. The molecule has 2 rings (SSSR count). The quantitative estimate of drug-likeness (QED) is 0.893. The standard InChI is InChI=1S/C14H12BrNO2/c1-9-11(15)6-4-8-12(9)16-13-7-3-2-5-10(13)14(17)18/h2-8,16H,1H3,(H,17,18). The lowest BCUT2D eigenvalue weighted by Crippen LogP contribution is -2.03. The summed E-state index contributed by atoms with van der Waals surface area (Å²) < 4.78 is 0.986. The lowest BCUT2D eigenvalue weighted by Gasteiger charge is -2.12. The molecule has 0 unspecified atom stereocenters. The van der Waals surface area contributed by atoms with Gasteiger partial charge in [-0.15, -0.1) is 0 Å². The van der Waals surface area contributed by atoms with Crippen molar-refractivity contribution in [1.29, 1.82) is 0 Å². The smallest absolute Gasteiger partial charge is 0.337 e. The van der Waals surface area contributed by atoms with E-state index in [4.69, 9.17) is 5.11 Å². The Morgan fingerprint density at radius 3 is 2.50 bits per heavy atom. The summed E-state index contributed by atoms with van der Waals surface area (Å²) in [6.07, 6.45) is 0. The fourth-order valence-electron chi connectivity index (χ4n) is 1.67. The van der Waals surface area contributed by atoms with Crippen molar-refractivity contribution in [3.63, 3.8) is 0 Å². The van der Waals surface area contributed by atoms with E-state index >= 15 is 0 Å². The number of carboxylic acids is 1. The number of carboxylic acid groups (broad SMARTS) is 1. The third kappa shape index (κ3) is 2.54. The first-order valence-corrected chi connectivity index (χ1v) is 6.23. The van der Waals surface area contributed by atoms with Gasteiger partial charge in [0.25, 0.3) is 0 Å². The van der Waals surface area contributed by atoms with Gasteiger partial charge >= 0.3 is 5.97 Å². The average molecular weight is 306 g/mol. The SMILES string of the molecule is Cc1c(Br)cccc1Nc1ccccc1C(=O)O. The molecule has 0 bridgehead atoms. The summed E-state index contributed by atoms with van der Waals surface area (Å²) in [7, 11) is 0. The van der Waals surface area contributed by atoms with Crippen LogP contribution in [0, 0.1) is 6.92 Å². The summed E-state index contributed by atoms with van der Waals surface area (Å²) in [5, 5.41) is 12.3. The molecule has 2 N–H and O–H groups in total. The van der Waals surface area contributed by atoms with E-state index in [0.29, 0.717) is 5.69 Å². The molecular formula is C14H12BrNO2. The van der Waals surface area contributed by atoms with E-state index in [-0.39, 0.29) is 5.56 Å². The van der Waals surface area contributed by atoms with Gasteiger partial charge in [-0.05, 0) is 36.8 Å². The van der Waals surface area contributed by atoms with Crippen molar-refractivity contribution in [3.8, 4) is 0 Å². The fraction of sp³-hybridized carbons (Fsp3) is 0.0714. The van der Waals surface area contributed by atoms with Gasteiger partial charge in [-0.3, -0.25) is 0 Å². The van der Waals surface area contributed by atoms with Crippen LogP contribution in [0.4, 0.5) is 11.4 Å². The van der Waals surface area contributed by atoms with Gasteiger partial charge < -0.3 is 10.4 Å². The number of hydrogen-bond acceptors (Lipinski definition) is 2. The molecule has 18 heavy (non-hydrogen) atoms. The van der Waals surface area contributed by atoms with Gasteiger partial charge in [-0.2, -0.15) is 0 Å². The Kier molecular flexibility index (Phi) is 3.67. The topological polar surface area (TPSA) is 49.3 Å². The first-order valence-electron chi connectivity index (χ1n) is 5.44. The highest BCUT2D eigenvalue weighted by Crippen LogP contribution is 2.27. The molecule has 2 aromatic rings. The van der Waals surface area contributed by atoms with E-state index in [1.807, 2.05) is 31.2 Å². The highest BCUT2D eigenvalue weighted by molar-refractivity contribution is 9.10. The average Bonchev–Trinajstić information content (AvgIpc) is 2.35. The number of benzene rings is 2. The number of aromatic carboxylic acids is 1. The van der Waals surface area contributed by atoms with Crippen molar-refractivity contribution in [2.45, 2.75) is 6.92 Å². The second kappa shape index (κ2) is 5.23. The molecule has 0 amide bonds. The Labute approximate surface area is 114 Å². The van der Waals surface area contributed by atoms with E-state index in [9.17, 15) is 4.79 Å². The molecule has 0 fully saturated rings. The Morgan fingerprint density at radius 1 is 1.11 bits per heavy atom. The van der Waals surface area contributed by atoms with Crippen LogP contribution >= 0.6 is 15.9 Å². The van der Waals surface area contributed by atoms with Crippen molar-refractivity contribution < 1.29 is 9.90 Å². The Morgan fingerprint density at radius 2 is 1.78 bits per heavy atom. The molecule has 0 heterocycles. The molecule has 92 valence electrons. The van der Waals surface area contributed by atoms with Gasteiger partial charge in [0.15, 0.2) is 0 Å². The van der Waals surface area contributed by atoms with Gasteiger partial charge in [0.2, 0.25) is 0 Å². The highest BCUT2D eigenvalue weighted by Gasteiger charge is 2.10. The highest BCUT2D eigenvalue weighted by atomic mass is 79.9. The molecule has 0 spiro atoms. The van der Waals surface area contributed by atoms with Crippen molar-refractivity contribution in [2.24, 2.45) is 0 Å². The minimum Gasteiger partial charge on any atom is -0.478 e. The van der Waals surface area contributed by atoms with Crippen LogP contribution in [-0.2, 0) is 0 Å². The van der Waals surface area contributed by atoms with E-state index in [2.05, 4.69) is 21.2 Å². The third-order valence-electron chi connectivity index (χ3n) is 2.69. The summed E-state index contributed by atoms with van der Waals surface area (Å²) in [6.45, 7) is 1.97. The zero-order valence-electron chi connectivity index (χ0n) is 9.77. The molecule has 4 heteroatoms. The lowest BCUT2D eigenvalue weighted by atomic mass is 10.1. The van der Waals surface area contributed by atoms with Crippen LogP contribution < -0.4 is 5.32 Å². The molecular weight excluding hydrogens is 294 g/mol. The van der Waals surface area contributed by atoms with Crippen LogP contribution in [0.3, 0.4) is 0 Å². The zero-order valence-corrected chi connectivity index (χ0v) is 11.4. The number of anilines is 2. The van der Waals surface area contributed by atoms with Gasteiger partial charge in [0.05, 0.1) is 11.3 Å². The minimum atomic E-state index is -0.939. The molecule has 0 aliphatic heterocycles. The molecule has 3 nitrogen and oxygen atoms in total. The maximum absolute atomic E-state index is 11.1. The monoisotopic (exact) mass is 305 g/mol. The van der Waals surface area contributed by atoms with Gasteiger partial charge in [0.1, 0.15) is 0 Å². The first-order chi connectivity index (χ1) is 8.59. The van der Waals surface area contributed by atoms with Gasteiger partial charge in [-0.1, -0.05) is 34.1 Å². The number of nitrogens with one attached hydrogen (secondary N) is 1. The van der Waals surface area contributed by atoms with Crippen LogP contribution in [0.1, 0.15) is 15.9 Å². The number of hydrogen-bond donors (Lipinski definition) is 2. The Balaban J connectivity index is 2.40. The third-order valence-corrected chi connectivity index (χ3v) is 3.55. The largest absolute Gasteiger partial charge is 0.478 e. The molecule has 0 aliphatic carbocycles. The second-order valence-corrected chi connectivity index (χ2v) is 4.74. The van der Waals surface area contributed by atoms with E-state index in [0.717, 1.165) is 15.7 Å². The molecule has 0 aromatic heterocycles. The van der Waals surface area contributed by atoms with Gasteiger partial charge in [-0.25, -0.2) is 4.79 Å². The number of halogens is 1. The van der Waals surface area contributed by atoms with E-state index < -0.39 is 5.97 Å². The Bertz CT molecular complexity index is 596. The number of carbonyl (C=O) groups is 1. The number of para-hydroxylation sites is 1. The summed E-state index contributed by atoms with van der Waals surface area (Å²) >= 11 is 3.45. The molecule has 0 aliphatic rings. The maximum Gasteiger partial charge on any atom is 0.337 e. The van der Waals surface area contributed by atoms with Crippen LogP contribution in [0.25, 0.3) is 0 Å². The zero-order chi connectivity index (χ0) is 13.1. The molecule has 0 saturated heterocycles. The molecule has 0 saturated carbocycles. The van der Waals surface area contributed by atoms with E-state index in [1.54, 1.807) is 18.2 Å². The minimum absolute atomic E-state index is 0.261. The second-order valence-electron chi connectivity index (χ2n) is 3.89. The van der Waals surface area contributed by atoms with Crippen LogP contribution in [0.15, 0.2) is 46.9 Å².